The number of nitrogens with two attached hydrogens (primary N) is 1. The number of hydrogen-bond donors (Lipinski definition) is 2. The van der Waals surface area contributed by atoms with Crippen LogP contribution in [0.15, 0.2) is 28.6 Å². The first-order valence-electron chi connectivity index (χ1n) is 7.16. The van der Waals surface area contributed by atoms with Gasteiger partial charge < -0.3 is 11.1 Å². The van der Waals surface area contributed by atoms with Gasteiger partial charge in [0, 0.05) is 24.0 Å². The Bertz CT molecular complexity index is 637. The predicted octanol–water partition coefficient (Wildman–Crippen LogP) is 3.91. The van der Waals surface area contributed by atoms with Crippen molar-refractivity contribution in [3.05, 3.63) is 45.4 Å². The van der Waals surface area contributed by atoms with E-state index in [-0.39, 0.29) is 24.0 Å². The summed E-state index contributed by atoms with van der Waals surface area (Å²) in [7, 11) is 0. The van der Waals surface area contributed by atoms with E-state index in [4.69, 9.17) is 5.73 Å². The standard InChI is InChI=1S/C16H22N4S.HI/c1-4-15-19-14(10-21-15)7-8-18-16(17)20-13-6-5-11(2)12(3)9-13;/h5-6,9-10H,4,7-8H2,1-3H3,(H3,17,18,20);1H. The van der Waals surface area contributed by atoms with Gasteiger partial charge >= 0.3 is 0 Å². The number of aliphatic imine (C=N–C) groups is 1. The molecule has 1 aromatic carbocycles. The smallest absolute Gasteiger partial charge is 0.193 e. The van der Waals surface area contributed by atoms with Crippen molar-refractivity contribution in [2.75, 3.05) is 11.9 Å². The second-order valence-corrected chi connectivity index (χ2v) is 5.97. The molecule has 2 aromatic rings. The van der Waals surface area contributed by atoms with Crippen molar-refractivity contribution in [1.29, 1.82) is 0 Å². The first-order chi connectivity index (χ1) is 10.1. The molecule has 2 rings (SSSR count). The summed E-state index contributed by atoms with van der Waals surface area (Å²) < 4.78 is 0. The molecule has 0 atom stereocenters. The molecule has 0 aliphatic heterocycles. The van der Waals surface area contributed by atoms with Gasteiger partial charge in [0.15, 0.2) is 5.96 Å². The molecule has 1 heterocycles. The molecule has 0 amide bonds. The molecule has 0 unspecified atom stereocenters. The molecule has 1 aromatic heterocycles. The number of aromatic nitrogens is 1. The SMILES string of the molecule is CCc1nc(CCN=C(N)Nc2ccc(C)c(C)c2)cs1.I. The maximum atomic E-state index is 5.91. The van der Waals surface area contributed by atoms with Crippen LogP contribution < -0.4 is 11.1 Å². The fraction of sp³-hybridized carbons (Fsp3) is 0.375. The van der Waals surface area contributed by atoms with Crippen LogP contribution in [0.2, 0.25) is 0 Å². The van der Waals surface area contributed by atoms with Crippen molar-refractivity contribution in [3.63, 3.8) is 0 Å². The Kier molecular flexibility index (Phi) is 7.81. The largest absolute Gasteiger partial charge is 0.370 e. The molecule has 0 aliphatic carbocycles. The van der Waals surface area contributed by atoms with Gasteiger partial charge in [0.2, 0.25) is 0 Å². The van der Waals surface area contributed by atoms with Crippen LogP contribution in [0.3, 0.4) is 0 Å². The topological polar surface area (TPSA) is 63.3 Å². The van der Waals surface area contributed by atoms with Crippen LogP contribution in [0.1, 0.15) is 28.8 Å². The number of aryl methyl sites for hydroxylation is 3. The lowest BCUT2D eigenvalue weighted by Gasteiger charge is -2.07. The van der Waals surface area contributed by atoms with Gasteiger partial charge in [-0.15, -0.1) is 35.3 Å². The minimum absolute atomic E-state index is 0. The number of hydrogen-bond acceptors (Lipinski definition) is 3. The van der Waals surface area contributed by atoms with Crippen molar-refractivity contribution < 1.29 is 0 Å². The number of nitrogens with one attached hydrogen (secondary N) is 1. The van der Waals surface area contributed by atoms with Crippen molar-refractivity contribution in [2.45, 2.75) is 33.6 Å². The summed E-state index contributed by atoms with van der Waals surface area (Å²) >= 11 is 1.71. The zero-order valence-electron chi connectivity index (χ0n) is 13.2. The van der Waals surface area contributed by atoms with Gasteiger partial charge in [-0.1, -0.05) is 13.0 Å². The lowest BCUT2D eigenvalue weighted by Crippen LogP contribution is -2.23. The number of anilines is 1. The van der Waals surface area contributed by atoms with Crippen LogP contribution in [0, 0.1) is 13.8 Å². The van der Waals surface area contributed by atoms with E-state index < -0.39 is 0 Å². The van der Waals surface area contributed by atoms with E-state index in [1.54, 1.807) is 11.3 Å². The third kappa shape index (κ3) is 5.57. The van der Waals surface area contributed by atoms with E-state index in [9.17, 15) is 0 Å². The zero-order valence-corrected chi connectivity index (χ0v) is 16.4. The Morgan fingerprint density at radius 2 is 2.09 bits per heavy atom. The fourth-order valence-corrected chi connectivity index (χ4v) is 2.70. The van der Waals surface area contributed by atoms with Gasteiger partial charge in [0.25, 0.3) is 0 Å². The second-order valence-electron chi connectivity index (χ2n) is 5.03. The minimum atomic E-state index is 0. The highest BCUT2D eigenvalue weighted by molar-refractivity contribution is 14.0. The van der Waals surface area contributed by atoms with Gasteiger partial charge in [0.05, 0.1) is 10.7 Å². The summed E-state index contributed by atoms with van der Waals surface area (Å²) in [6, 6.07) is 6.16. The number of benzene rings is 1. The molecular weight excluding hydrogens is 407 g/mol. The highest BCUT2D eigenvalue weighted by atomic mass is 127. The molecule has 120 valence electrons. The Morgan fingerprint density at radius 3 is 2.73 bits per heavy atom. The highest BCUT2D eigenvalue weighted by Gasteiger charge is 2.01. The van der Waals surface area contributed by atoms with Crippen LogP contribution in [-0.4, -0.2) is 17.5 Å². The van der Waals surface area contributed by atoms with Gasteiger partial charge in [0.1, 0.15) is 0 Å². The van der Waals surface area contributed by atoms with Gasteiger partial charge in [-0.2, -0.15) is 0 Å². The average molecular weight is 430 g/mol. The van der Waals surface area contributed by atoms with E-state index in [1.165, 1.54) is 16.1 Å². The van der Waals surface area contributed by atoms with Crippen molar-refractivity contribution in [2.24, 2.45) is 10.7 Å². The molecular formula is C16H23IN4S. The van der Waals surface area contributed by atoms with E-state index in [0.29, 0.717) is 12.5 Å². The Morgan fingerprint density at radius 1 is 1.32 bits per heavy atom. The predicted molar refractivity (Wildman–Crippen MR) is 107 cm³/mol. The van der Waals surface area contributed by atoms with E-state index >= 15 is 0 Å². The third-order valence-corrected chi connectivity index (χ3v) is 4.37. The van der Waals surface area contributed by atoms with Crippen LogP contribution in [0.5, 0.6) is 0 Å². The summed E-state index contributed by atoms with van der Waals surface area (Å²) in [4.78, 5) is 8.87. The second kappa shape index (κ2) is 9.09. The Hall–Kier alpha value is -1.15. The number of rotatable bonds is 5. The third-order valence-electron chi connectivity index (χ3n) is 3.33. The monoisotopic (exact) mass is 430 g/mol. The molecule has 0 saturated carbocycles. The fourth-order valence-electron chi connectivity index (χ4n) is 1.92. The first-order valence-corrected chi connectivity index (χ1v) is 8.04. The van der Waals surface area contributed by atoms with Gasteiger partial charge in [-0.25, -0.2) is 4.98 Å². The van der Waals surface area contributed by atoms with E-state index in [0.717, 1.165) is 24.2 Å². The Balaban J connectivity index is 0.00000242. The number of halogens is 1. The summed E-state index contributed by atoms with van der Waals surface area (Å²) in [5.74, 6) is 0.448. The molecule has 3 N–H and O–H groups in total. The van der Waals surface area contributed by atoms with Crippen LogP contribution in [-0.2, 0) is 12.8 Å². The number of thiazole rings is 1. The molecule has 0 bridgehead atoms. The van der Waals surface area contributed by atoms with Crippen LogP contribution in [0.4, 0.5) is 5.69 Å². The van der Waals surface area contributed by atoms with Crippen LogP contribution >= 0.6 is 35.3 Å². The van der Waals surface area contributed by atoms with Crippen LogP contribution in [0.25, 0.3) is 0 Å². The summed E-state index contributed by atoms with van der Waals surface area (Å²) in [6.07, 6.45) is 1.82. The van der Waals surface area contributed by atoms with Crippen molar-refractivity contribution >= 4 is 47.0 Å². The summed E-state index contributed by atoms with van der Waals surface area (Å²) in [6.45, 7) is 6.94. The molecule has 6 heteroatoms. The maximum absolute atomic E-state index is 5.91. The molecule has 0 radical (unpaired) electrons. The Labute approximate surface area is 153 Å². The number of nitrogens with zero attached hydrogens (tertiary/aromatic N) is 2. The maximum Gasteiger partial charge on any atom is 0.193 e. The normalized spacial score (nSPS) is 11.1. The minimum Gasteiger partial charge on any atom is -0.370 e. The zero-order chi connectivity index (χ0) is 15.2. The molecule has 0 aliphatic rings. The van der Waals surface area contributed by atoms with E-state index in [1.807, 2.05) is 6.07 Å². The average Bonchev–Trinajstić information content (AvgIpc) is 2.91. The first kappa shape index (κ1) is 18.9. The van der Waals surface area contributed by atoms with Crippen molar-refractivity contribution in [3.8, 4) is 0 Å². The summed E-state index contributed by atoms with van der Waals surface area (Å²) in [5.41, 5.74) is 10.5. The highest BCUT2D eigenvalue weighted by Crippen LogP contribution is 2.14. The van der Waals surface area contributed by atoms with Gasteiger partial charge in [-0.3, -0.25) is 4.99 Å². The lowest BCUT2D eigenvalue weighted by atomic mass is 10.1. The molecule has 0 saturated heterocycles. The lowest BCUT2D eigenvalue weighted by molar-refractivity contribution is 0.916. The summed E-state index contributed by atoms with van der Waals surface area (Å²) in [5, 5.41) is 6.40. The molecule has 0 fully saturated rings. The number of guanidine groups is 1. The molecule has 4 nitrogen and oxygen atoms in total. The van der Waals surface area contributed by atoms with Gasteiger partial charge in [-0.05, 0) is 43.5 Å². The molecule has 0 spiro atoms. The molecule has 22 heavy (non-hydrogen) atoms. The van der Waals surface area contributed by atoms with Crippen molar-refractivity contribution in [1.82, 2.24) is 4.98 Å². The van der Waals surface area contributed by atoms with E-state index in [2.05, 4.69) is 53.6 Å². The quantitative estimate of drug-likeness (QED) is 0.430.